The van der Waals surface area contributed by atoms with E-state index in [4.69, 9.17) is 11.6 Å². The molecule has 1 aliphatic rings. The Bertz CT molecular complexity index is 1250. The zero-order chi connectivity index (χ0) is 20.4. The van der Waals surface area contributed by atoms with Crippen LogP contribution in [0.25, 0.3) is 0 Å². The monoisotopic (exact) mass is 421 g/mol. The van der Waals surface area contributed by atoms with E-state index in [2.05, 4.69) is 4.99 Å². The second-order valence-electron chi connectivity index (χ2n) is 6.51. The fourth-order valence-corrected chi connectivity index (χ4v) is 4.72. The van der Waals surface area contributed by atoms with Gasteiger partial charge in [0.25, 0.3) is 10.0 Å². The van der Waals surface area contributed by atoms with Crippen LogP contribution in [0.2, 0.25) is 5.02 Å². The van der Waals surface area contributed by atoms with Crippen LogP contribution in [0.15, 0.2) is 82.7 Å². The summed E-state index contributed by atoms with van der Waals surface area (Å²) in [6, 6.07) is 20.4. The van der Waals surface area contributed by atoms with Gasteiger partial charge in [0.15, 0.2) is 6.19 Å². The number of hydrogen-bond acceptors (Lipinski definition) is 4. The number of sulfonamides is 1. The Morgan fingerprint density at radius 3 is 2.55 bits per heavy atom. The molecule has 1 aliphatic heterocycles. The molecule has 0 radical (unpaired) electrons. The van der Waals surface area contributed by atoms with E-state index < -0.39 is 10.0 Å². The van der Waals surface area contributed by atoms with E-state index in [0.29, 0.717) is 11.6 Å². The van der Waals surface area contributed by atoms with Gasteiger partial charge >= 0.3 is 0 Å². The van der Waals surface area contributed by atoms with Gasteiger partial charge in [-0.05, 0) is 48.4 Å². The highest BCUT2D eigenvalue weighted by atomic mass is 35.5. The number of benzene rings is 3. The van der Waals surface area contributed by atoms with Gasteiger partial charge in [0.05, 0.1) is 16.3 Å². The van der Waals surface area contributed by atoms with E-state index in [-0.39, 0.29) is 10.6 Å². The molecule has 4 rings (SSSR count). The molecule has 7 heteroatoms. The van der Waals surface area contributed by atoms with Crippen LogP contribution < -0.4 is 4.31 Å². The number of hydrogen-bond donors (Lipinski definition) is 0. The van der Waals surface area contributed by atoms with Crippen molar-refractivity contribution in [2.75, 3.05) is 10.8 Å². The molecule has 5 nitrogen and oxygen atoms in total. The van der Waals surface area contributed by atoms with Gasteiger partial charge in [-0.2, -0.15) is 18.0 Å². The summed E-state index contributed by atoms with van der Waals surface area (Å²) < 4.78 is 26.6. The van der Waals surface area contributed by atoms with Gasteiger partial charge in [0.2, 0.25) is 0 Å². The largest absolute Gasteiger partial charge is 0.284 e. The normalized spacial score (nSPS) is 13.2. The molecule has 0 N–H and O–H groups in total. The number of anilines is 1. The molecule has 1 heterocycles. The first-order valence-corrected chi connectivity index (χ1v) is 10.8. The SMILES string of the molecule is N#CN(c1cccc(C2=NCCc3ccc(Cl)cc32)c1)S(=O)(=O)c1ccccc1. The number of nitriles is 1. The van der Waals surface area contributed by atoms with Crippen LogP contribution in [0.5, 0.6) is 0 Å². The molecule has 0 amide bonds. The molecule has 0 spiro atoms. The number of nitrogens with zero attached hydrogens (tertiary/aromatic N) is 3. The maximum absolute atomic E-state index is 13.0. The number of aliphatic imine (C=N–C) groups is 1. The Hall–Kier alpha value is -3.14. The van der Waals surface area contributed by atoms with Gasteiger partial charge in [0.1, 0.15) is 0 Å². The quantitative estimate of drug-likeness (QED) is 0.462. The molecule has 0 unspecified atom stereocenters. The van der Waals surface area contributed by atoms with Crippen LogP contribution in [0.3, 0.4) is 0 Å². The van der Waals surface area contributed by atoms with Gasteiger partial charge in [0, 0.05) is 22.7 Å². The first-order chi connectivity index (χ1) is 14.0. The van der Waals surface area contributed by atoms with Crippen molar-refractivity contribution >= 4 is 33.0 Å². The van der Waals surface area contributed by atoms with Crippen molar-refractivity contribution < 1.29 is 8.42 Å². The predicted molar refractivity (Wildman–Crippen MR) is 114 cm³/mol. The van der Waals surface area contributed by atoms with Gasteiger partial charge in [-0.3, -0.25) is 4.99 Å². The van der Waals surface area contributed by atoms with Crippen LogP contribution in [-0.4, -0.2) is 20.7 Å². The maximum Gasteiger partial charge on any atom is 0.276 e. The number of rotatable bonds is 4. The second-order valence-corrected chi connectivity index (χ2v) is 8.74. The Morgan fingerprint density at radius 2 is 1.79 bits per heavy atom. The summed E-state index contributed by atoms with van der Waals surface area (Å²) in [7, 11) is -4.01. The standard InChI is InChI=1S/C22H16ClN3O2S/c23-18-10-9-16-11-12-25-22(21(16)14-18)17-5-4-6-19(13-17)26(15-24)29(27,28)20-7-2-1-3-8-20/h1-10,13-14H,11-12H2. The molecule has 0 bridgehead atoms. The topological polar surface area (TPSA) is 73.5 Å². The molecule has 0 fully saturated rings. The van der Waals surface area contributed by atoms with Crippen molar-refractivity contribution in [1.29, 1.82) is 5.26 Å². The smallest absolute Gasteiger partial charge is 0.276 e. The van der Waals surface area contributed by atoms with E-state index in [1.165, 1.54) is 12.1 Å². The molecule has 3 aromatic rings. The van der Waals surface area contributed by atoms with Crippen molar-refractivity contribution in [1.82, 2.24) is 0 Å². The summed E-state index contributed by atoms with van der Waals surface area (Å²) in [5.41, 5.74) is 3.79. The minimum atomic E-state index is -4.01. The lowest BCUT2D eigenvalue weighted by Crippen LogP contribution is -2.26. The molecule has 0 aliphatic carbocycles. The number of fused-ring (bicyclic) bond motifs is 1. The lowest BCUT2D eigenvalue weighted by Gasteiger charge is -2.20. The number of halogens is 1. The average molecular weight is 422 g/mol. The Kier molecular flexibility index (Phi) is 5.10. The minimum Gasteiger partial charge on any atom is -0.284 e. The summed E-state index contributed by atoms with van der Waals surface area (Å²) >= 11 is 6.18. The first-order valence-electron chi connectivity index (χ1n) is 8.94. The van der Waals surface area contributed by atoms with Crippen LogP contribution >= 0.6 is 11.6 Å². The van der Waals surface area contributed by atoms with E-state index >= 15 is 0 Å². The molecule has 0 atom stereocenters. The van der Waals surface area contributed by atoms with Gasteiger partial charge in [-0.25, -0.2) is 0 Å². The van der Waals surface area contributed by atoms with E-state index in [1.54, 1.807) is 42.6 Å². The molecule has 3 aromatic carbocycles. The van der Waals surface area contributed by atoms with Crippen molar-refractivity contribution in [2.24, 2.45) is 4.99 Å². The fourth-order valence-electron chi connectivity index (χ4n) is 3.33. The van der Waals surface area contributed by atoms with E-state index in [0.717, 1.165) is 33.1 Å². The third-order valence-electron chi connectivity index (χ3n) is 4.70. The summed E-state index contributed by atoms with van der Waals surface area (Å²) in [4.78, 5) is 4.69. The van der Waals surface area contributed by atoms with Crippen LogP contribution in [0.1, 0.15) is 16.7 Å². The molecule has 0 aromatic heterocycles. The summed E-state index contributed by atoms with van der Waals surface area (Å²) in [5.74, 6) is 0. The third-order valence-corrected chi connectivity index (χ3v) is 6.58. The Labute approximate surface area is 174 Å². The van der Waals surface area contributed by atoms with Crippen molar-refractivity contribution in [3.05, 3.63) is 94.5 Å². The highest BCUT2D eigenvalue weighted by molar-refractivity contribution is 7.93. The first kappa shape index (κ1) is 19.2. The molecular weight excluding hydrogens is 406 g/mol. The summed E-state index contributed by atoms with van der Waals surface area (Å²) in [6.07, 6.45) is 2.62. The second kappa shape index (κ2) is 7.70. The Balaban J connectivity index is 1.78. The van der Waals surface area contributed by atoms with Crippen molar-refractivity contribution in [3.8, 4) is 6.19 Å². The fraction of sp³-hybridized carbons (Fsp3) is 0.0909. The highest BCUT2D eigenvalue weighted by Gasteiger charge is 2.26. The molecule has 29 heavy (non-hydrogen) atoms. The van der Waals surface area contributed by atoms with E-state index in [1.807, 2.05) is 24.3 Å². The lowest BCUT2D eigenvalue weighted by atomic mass is 9.93. The zero-order valence-electron chi connectivity index (χ0n) is 15.3. The average Bonchev–Trinajstić information content (AvgIpc) is 2.74. The van der Waals surface area contributed by atoms with Crippen LogP contribution in [-0.2, 0) is 16.4 Å². The molecular formula is C22H16ClN3O2S. The van der Waals surface area contributed by atoms with E-state index in [9.17, 15) is 13.7 Å². The molecule has 0 saturated carbocycles. The molecule has 0 saturated heterocycles. The van der Waals surface area contributed by atoms with Crippen LogP contribution in [0, 0.1) is 11.5 Å². The molecule has 144 valence electrons. The van der Waals surface area contributed by atoms with Gasteiger partial charge in [-0.15, -0.1) is 0 Å². The van der Waals surface area contributed by atoms with Crippen molar-refractivity contribution in [3.63, 3.8) is 0 Å². The highest BCUT2D eigenvalue weighted by Crippen LogP contribution is 2.28. The summed E-state index contributed by atoms with van der Waals surface area (Å²) in [5, 5.41) is 10.2. The van der Waals surface area contributed by atoms with Crippen LogP contribution in [0.4, 0.5) is 5.69 Å². The summed E-state index contributed by atoms with van der Waals surface area (Å²) in [6.45, 7) is 0.637. The maximum atomic E-state index is 13.0. The Morgan fingerprint density at radius 1 is 1.00 bits per heavy atom. The minimum absolute atomic E-state index is 0.0547. The van der Waals surface area contributed by atoms with Gasteiger partial charge < -0.3 is 0 Å². The third kappa shape index (κ3) is 3.63. The lowest BCUT2D eigenvalue weighted by molar-refractivity contribution is 0.596. The van der Waals surface area contributed by atoms with Gasteiger partial charge in [-0.1, -0.05) is 48.0 Å². The predicted octanol–water partition coefficient (Wildman–Crippen LogP) is 4.41. The zero-order valence-corrected chi connectivity index (χ0v) is 16.9. The van der Waals surface area contributed by atoms with Crippen molar-refractivity contribution in [2.45, 2.75) is 11.3 Å².